The molecule has 0 unspecified atom stereocenters. The highest BCUT2D eigenvalue weighted by molar-refractivity contribution is 7.11. The van der Waals surface area contributed by atoms with Gasteiger partial charge in [0.2, 0.25) is 0 Å². The smallest absolute Gasteiger partial charge is 0.0952 e. The molecule has 0 fully saturated rings. The van der Waals surface area contributed by atoms with Crippen LogP contribution in [-0.2, 0) is 32.9 Å². The van der Waals surface area contributed by atoms with Crippen molar-refractivity contribution in [2.45, 2.75) is 126 Å². The Balaban J connectivity index is 0.000000268. The third-order valence-electron chi connectivity index (χ3n) is 5.68. The standard InChI is InChI=1S/C9H16N2.C9H15NS.C7H12N2.C7H11NS/c1-3-5-9-6-8-11(10-9)7-4-2;1-3-5-8-7-10-9(11-8)6-4-2;1-6(2)7-4-5-9(3)8-7;1-5(2)7-8-4-6(3)9-7/h6,8H,3-5,7H2,1-2H3;7H,3-6H2,1-2H3;4-6H,1-3H3;4-5H,1-3H3. The minimum Gasteiger partial charge on any atom is -0.276 e. The molecule has 4 aromatic rings. The Hall–Kier alpha value is -2.32. The first-order valence-corrected chi connectivity index (χ1v) is 16.6. The predicted molar refractivity (Wildman–Crippen MR) is 175 cm³/mol. The van der Waals surface area contributed by atoms with Crippen molar-refractivity contribution >= 4 is 22.7 Å². The number of rotatable bonds is 10. The first-order chi connectivity index (χ1) is 19.1. The Morgan fingerprint density at radius 1 is 0.750 bits per heavy atom. The third-order valence-corrected chi connectivity index (χ3v) is 8.01. The summed E-state index contributed by atoms with van der Waals surface area (Å²) >= 11 is 3.66. The van der Waals surface area contributed by atoms with Crippen molar-refractivity contribution in [1.29, 1.82) is 0 Å². The molecule has 4 aromatic heterocycles. The molecular formula is C32H54N6S2. The van der Waals surface area contributed by atoms with E-state index in [1.165, 1.54) is 51.1 Å². The Morgan fingerprint density at radius 3 is 1.90 bits per heavy atom. The SMILES string of the molecule is CC(C)c1ccn(C)n1.CCCc1ccn(CCC)n1.CCCc1cnc(CCC)s1.Cc1cnc(C(C)C)s1. The average molecular weight is 587 g/mol. The number of aromatic nitrogens is 6. The van der Waals surface area contributed by atoms with Crippen LogP contribution in [0.3, 0.4) is 0 Å². The van der Waals surface area contributed by atoms with Crippen LogP contribution >= 0.6 is 22.7 Å². The van der Waals surface area contributed by atoms with Gasteiger partial charge >= 0.3 is 0 Å². The summed E-state index contributed by atoms with van der Waals surface area (Å²) in [5, 5.41) is 11.2. The lowest BCUT2D eigenvalue weighted by atomic mass is 10.1. The van der Waals surface area contributed by atoms with Crippen LogP contribution in [0.1, 0.15) is 124 Å². The van der Waals surface area contributed by atoms with Crippen LogP contribution < -0.4 is 0 Å². The van der Waals surface area contributed by atoms with Gasteiger partial charge in [0.25, 0.3) is 0 Å². The molecule has 0 atom stereocenters. The Morgan fingerprint density at radius 2 is 1.45 bits per heavy atom. The maximum absolute atomic E-state index is 4.41. The second-order valence-corrected chi connectivity index (χ2v) is 13.0. The van der Waals surface area contributed by atoms with Gasteiger partial charge in [0.05, 0.1) is 21.4 Å². The van der Waals surface area contributed by atoms with Crippen molar-refractivity contribution in [3.63, 3.8) is 0 Å². The molecule has 40 heavy (non-hydrogen) atoms. The van der Waals surface area contributed by atoms with Crippen LogP contribution in [0.25, 0.3) is 0 Å². The monoisotopic (exact) mass is 586 g/mol. The van der Waals surface area contributed by atoms with E-state index >= 15 is 0 Å². The van der Waals surface area contributed by atoms with E-state index in [0.29, 0.717) is 11.8 Å². The predicted octanol–water partition coefficient (Wildman–Crippen LogP) is 9.41. The van der Waals surface area contributed by atoms with Gasteiger partial charge in [-0.25, -0.2) is 9.97 Å². The minimum atomic E-state index is 0.547. The zero-order chi connectivity index (χ0) is 29.9. The lowest BCUT2D eigenvalue weighted by Gasteiger charge is -1.95. The molecule has 4 heterocycles. The van der Waals surface area contributed by atoms with Gasteiger partial charge in [0.15, 0.2) is 0 Å². The summed E-state index contributed by atoms with van der Waals surface area (Å²) in [7, 11) is 1.94. The fourth-order valence-electron chi connectivity index (χ4n) is 3.57. The van der Waals surface area contributed by atoms with Crippen LogP contribution in [0.5, 0.6) is 0 Å². The fourth-order valence-corrected chi connectivity index (χ4v) is 5.47. The van der Waals surface area contributed by atoms with Gasteiger partial charge in [-0.2, -0.15) is 10.2 Å². The molecule has 0 radical (unpaired) electrons. The van der Waals surface area contributed by atoms with Crippen molar-refractivity contribution in [3.8, 4) is 0 Å². The van der Waals surface area contributed by atoms with Crippen LogP contribution in [-0.4, -0.2) is 29.5 Å². The van der Waals surface area contributed by atoms with E-state index in [-0.39, 0.29) is 0 Å². The molecule has 0 saturated heterocycles. The zero-order valence-electron chi connectivity index (χ0n) is 26.8. The van der Waals surface area contributed by atoms with Crippen LogP contribution in [0.15, 0.2) is 36.9 Å². The van der Waals surface area contributed by atoms with Gasteiger partial charge in [0.1, 0.15) is 0 Å². The Kier molecular flexibility index (Phi) is 18.3. The molecule has 0 N–H and O–H groups in total. The van der Waals surface area contributed by atoms with Crippen molar-refractivity contribution in [2.75, 3.05) is 0 Å². The van der Waals surface area contributed by atoms with Gasteiger partial charge in [-0.05, 0) is 57.1 Å². The molecule has 6 nitrogen and oxygen atoms in total. The summed E-state index contributed by atoms with van der Waals surface area (Å²) in [6, 6.07) is 4.16. The molecule has 0 saturated carbocycles. The van der Waals surface area contributed by atoms with E-state index in [9.17, 15) is 0 Å². The van der Waals surface area contributed by atoms with Crippen molar-refractivity contribution in [2.24, 2.45) is 7.05 Å². The Labute approximate surface area is 252 Å². The van der Waals surface area contributed by atoms with Gasteiger partial charge in [0, 0.05) is 54.1 Å². The van der Waals surface area contributed by atoms with Crippen LogP contribution in [0, 0.1) is 6.92 Å². The number of thiazole rings is 2. The molecule has 0 bridgehead atoms. The fraction of sp³-hybridized carbons (Fsp3) is 0.625. The van der Waals surface area contributed by atoms with E-state index < -0.39 is 0 Å². The molecule has 0 aromatic carbocycles. The summed E-state index contributed by atoms with van der Waals surface area (Å²) in [5.74, 6) is 1.13. The van der Waals surface area contributed by atoms with E-state index in [0.717, 1.165) is 31.5 Å². The summed E-state index contributed by atoms with van der Waals surface area (Å²) in [5.41, 5.74) is 2.39. The highest BCUT2D eigenvalue weighted by Gasteiger charge is 2.02. The zero-order valence-corrected chi connectivity index (χ0v) is 28.4. The second-order valence-electron chi connectivity index (χ2n) is 10.6. The van der Waals surface area contributed by atoms with E-state index in [1.54, 1.807) is 11.3 Å². The number of aryl methyl sites for hydroxylation is 6. The van der Waals surface area contributed by atoms with Gasteiger partial charge in [-0.1, -0.05) is 68.2 Å². The molecule has 0 spiro atoms. The number of nitrogens with zero attached hydrogens (tertiary/aromatic N) is 6. The highest BCUT2D eigenvalue weighted by Crippen LogP contribution is 2.19. The van der Waals surface area contributed by atoms with E-state index in [1.807, 2.05) is 52.4 Å². The minimum absolute atomic E-state index is 0.547. The maximum Gasteiger partial charge on any atom is 0.0952 e. The van der Waals surface area contributed by atoms with Gasteiger partial charge < -0.3 is 0 Å². The molecular weight excluding hydrogens is 533 g/mol. The lowest BCUT2D eigenvalue weighted by Crippen LogP contribution is -1.97. The van der Waals surface area contributed by atoms with E-state index in [2.05, 4.69) is 94.7 Å². The second kappa shape index (κ2) is 20.5. The first-order valence-electron chi connectivity index (χ1n) is 15.0. The maximum atomic E-state index is 4.41. The lowest BCUT2D eigenvalue weighted by molar-refractivity contribution is 0.593. The molecule has 0 aliphatic rings. The highest BCUT2D eigenvalue weighted by atomic mass is 32.1. The number of hydrogen-bond acceptors (Lipinski definition) is 6. The van der Waals surface area contributed by atoms with Gasteiger partial charge in [-0.15, -0.1) is 22.7 Å². The summed E-state index contributed by atoms with van der Waals surface area (Å²) < 4.78 is 3.85. The van der Waals surface area contributed by atoms with Gasteiger partial charge in [-0.3, -0.25) is 9.36 Å². The number of hydrogen-bond donors (Lipinski definition) is 0. The molecule has 4 rings (SSSR count). The molecule has 8 heteroatoms. The quantitative estimate of drug-likeness (QED) is 0.186. The molecule has 0 amide bonds. The van der Waals surface area contributed by atoms with E-state index in [4.69, 9.17) is 0 Å². The largest absolute Gasteiger partial charge is 0.276 e. The average Bonchev–Trinajstić information content (AvgIpc) is 3.71. The summed E-state index contributed by atoms with van der Waals surface area (Å²) in [6.45, 7) is 20.5. The topological polar surface area (TPSA) is 61.4 Å². The van der Waals surface area contributed by atoms with Crippen LogP contribution in [0.2, 0.25) is 0 Å². The molecule has 0 aliphatic carbocycles. The van der Waals surface area contributed by atoms with Crippen molar-refractivity contribution < 1.29 is 0 Å². The van der Waals surface area contributed by atoms with Crippen molar-refractivity contribution in [3.05, 3.63) is 68.1 Å². The summed E-state index contributed by atoms with van der Waals surface area (Å²) in [6.07, 6.45) is 16.2. The Bertz CT molecular complexity index is 1020. The normalized spacial score (nSPS) is 10.5. The third kappa shape index (κ3) is 14.9. The molecule has 0 aliphatic heterocycles. The first kappa shape index (κ1) is 35.7. The molecule has 224 valence electrons. The summed E-state index contributed by atoms with van der Waals surface area (Å²) in [4.78, 5) is 11.3. The van der Waals surface area contributed by atoms with Crippen molar-refractivity contribution in [1.82, 2.24) is 29.5 Å². The van der Waals surface area contributed by atoms with Crippen LogP contribution in [0.4, 0.5) is 0 Å².